The number of halogens is 3. The number of nitrogens with one attached hydrogen (secondary N) is 2. The first-order valence-corrected chi connectivity index (χ1v) is 15.1. The number of hydrogen-bond donors (Lipinski definition) is 2. The average molecular weight is 639 g/mol. The molecule has 5 aromatic rings. The molecular weight excluding hydrogens is 612 g/mol. The van der Waals surface area contributed by atoms with Crippen LogP contribution in [-0.4, -0.2) is 51.3 Å². The molecule has 2 N–H and O–H groups in total. The zero-order chi connectivity index (χ0) is 30.1. The molecule has 0 spiro atoms. The second-order valence-corrected chi connectivity index (χ2v) is 11.9. The summed E-state index contributed by atoms with van der Waals surface area (Å²) in [6.45, 7) is 6.94. The Morgan fingerprint density at radius 3 is 2.60 bits per heavy atom. The van der Waals surface area contributed by atoms with Crippen molar-refractivity contribution in [3.8, 4) is 6.07 Å². The van der Waals surface area contributed by atoms with Crippen molar-refractivity contribution in [2.24, 2.45) is 0 Å². The fourth-order valence-corrected chi connectivity index (χ4v) is 6.08. The number of anilines is 4. The van der Waals surface area contributed by atoms with Gasteiger partial charge in [0.2, 0.25) is 0 Å². The summed E-state index contributed by atoms with van der Waals surface area (Å²) in [4.78, 5) is 11.6. The molecule has 0 aliphatic carbocycles. The second kappa shape index (κ2) is 12.3. The van der Waals surface area contributed by atoms with E-state index in [1.54, 1.807) is 28.2 Å². The fourth-order valence-electron chi connectivity index (χ4n) is 4.73. The van der Waals surface area contributed by atoms with Crippen molar-refractivity contribution in [2.45, 2.75) is 25.9 Å². The van der Waals surface area contributed by atoms with Gasteiger partial charge in [-0.05, 0) is 44.2 Å². The molecule has 0 radical (unpaired) electrons. The van der Waals surface area contributed by atoms with Crippen LogP contribution in [-0.2, 0) is 4.74 Å². The third kappa shape index (κ3) is 6.07. The van der Waals surface area contributed by atoms with E-state index >= 15 is 0 Å². The summed E-state index contributed by atoms with van der Waals surface area (Å²) < 4.78 is 21.1. The zero-order valence-corrected chi connectivity index (χ0v) is 25.5. The summed E-state index contributed by atoms with van der Waals surface area (Å²) in [5, 5.41) is 29.3. The molecule has 43 heavy (non-hydrogen) atoms. The summed E-state index contributed by atoms with van der Waals surface area (Å²) in [6.07, 6.45) is 3.35. The van der Waals surface area contributed by atoms with Crippen molar-refractivity contribution in [1.29, 1.82) is 5.26 Å². The predicted molar refractivity (Wildman–Crippen MR) is 167 cm³/mol. The van der Waals surface area contributed by atoms with Gasteiger partial charge < -0.3 is 20.3 Å². The highest BCUT2D eigenvalue weighted by Crippen LogP contribution is 2.37. The molecule has 1 atom stereocenters. The van der Waals surface area contributed by atoms with E-state index in [4.69, 9.17) is 32.9 Å². The molecular formula is C29H26Cl2FN9OS. The molecule has 6 rings (SSSR count). The first-order chi connectivity index (χ1) is 20.8. The van der Waals surface area contributed by atoms with Gasteiger partial charge in [-0.25, -0.2) is 14.1 Å². The number of ether oxygens (including phenoxy) is 1. The lowest BCUT2D eigenvalue weighted by atomic mass is 10.1. The van der Waals surface area contributed by atoms with Gasteiger partial charge in [0.25, 0.3) is 0 Å². The fraction of sp³-hybridized carbons (Fsp3) is 0.276. The molecule has 4 heterocycles. The van der Waals surface area contributed by atoms with Crippen LogP contribution in [0.15, 0.2) is 48.1 Å². The highest BCUT2D eigenvalue weighted by molar-refractivity contribution is 7.13. The Hall–Kier alpha value is -4.02. The van der Waals surface area contributed by atoms with E-state index in [0.717, 1.165) is 23.9 Å². The van der Waals surface area contributed by atoms with Gasteiger partial charge in [0.15, 0.2) is 5.13 Å². The maximum atomic E-state index is 13.8. The summed E-state index contributed by atoms with van der Waals surface area (Å²) in [5.74, 6) is -0.541. The number of aromatic nitrogens is 5. The van der Waals surface area contributed by atoms with E-state index in [0.29, 0.717) is 51.9 Å². The van der Waals surface area contributed by atoms with E-state index < -0.39 is 11.9 Å². The highest BCUT2D eigenvalue weighted by atomic mass is 35.5. The van der Waals surface area contributed by atoms with Gasteiger partial charge in [0.05, 0.1) is 51.9 Å². The summed E-state index contributed by atoms with van der Waals surface area (Å²) in [5.41, 5.74) is 3.87. The lowest BCUT2D eigenvalue weighted by Gasteiger charge is -2.26. The van der Waals surface area contributed by atoms with Crippen LogP contribution < -0.4 is 15.5 Å². The molecule has 1 saturated heterocycles. The minimum absolute atomic E-state index is 0.0424. The van der Waals surface area contributed by atoms with Gasteiger partial charge in [-0.3, -0.25) is 4.98 Å². The Morgan fingerprint density at radius 1 is 1.09 bits per heavy atom. The standard InChI is InChI=1S/C29H26Cl2FN9OS/c1-16(2)41-14-24(38-39-41)28(25-15-43-29(37-25)40-5-7-42-8-6-40)36-19-9-20-26(35-18-3-4-23(32)21(30)10-18)17(12-33)13-34-27(20)22(31)11-19/h3-4,9-11,13-16,28,36H,5-8H2,1-2H3,(H,34,35). The average Bonchev–Trinajstić information content (AvgIpc) is 3.70. The SMILES string of the molecule is CC(C)n1cc(C(Nc2cc(Cl)c3ncc(C#N)c(Nc4ccc(F)c(Cl)c4)c3c2)c2csc(N3CCOCC3)n2)nn1. The molecule has 10 nitrogen and oxygen atoms in total. The van der Waals surface area contributed by atoms with Crippen LogP contribution in [0.1, 0.15) is 42.9 Å². The van der Waals surface area contributed by atoms with Crippen molar-refractivity contribution in [2.75, 3.05) is 41.8 Å². The summed E-state index contributed by atoms with van der Waals surface area (Å²) in [6, 6.07) is 9.74. The van der Waals surface area contributed by atoms with E-state index in [-0.39, 0.29) is 16.6 Å². The van der Waals surface area contributed by atoms with Crippen molar-refractivity contribution in [1.82, 2.24) is 25.0 Å². The van der Waals surface area contributed by atoms with Crippen LogP contribution in [0, 0.1) is 17.1 Å². The Bertz CT molecular complexity index is 1830. The van der Waals surface area contributed by atoms with Gasteiger partial charge >= 0.3 is 0 Å². The molecule has 3 aromatic heterocycles. The highest BCUT2D eigenvalue weighted by Gasteiger charge is 2.25. The summed E-state index contributed by atoms with van der Waals surface area (Å²) >= 11 is 14.3. The van der Waals surface area contributed by atoms with Crippen molar-refractivity contribution < 1.29 is 9.13 Å². The first kappa shape index (κ1) is 29.1. The van der Waals surface area contributed by atoms with Crippen LogP contribution in [0.3, 0.4) is 0 Å². The molecule has 1 aliphatic rings. The molecule has 0 saturated carbocycles. The number of thiazole rings is 1. The van der Waals surface area contributed by atoms with Gasteiger partial charge in [-0.15, -0.1) is 16.4 Å². The van der Waals surface area contributed by atoms with E-state index in [1.165, 1.54) is 18.3 Å². The van der Waals surface area contributed by atoms with Gasteiger partial charge in [0, 0.05) is 47.5 Å². The van der Waals surface area contributed by atoms with E-state index in [9.17, 15) is 9.65 Å². The number of nitriles is 1. The number of pyridine rings is 1. The minimum atomic E-state index is -0.541. The normalized spacial score (nSPS) is 14.2. The van der Waals surface area contributed by atoms with Crippen molar-refractivity contribution in [3.05, 3.63) is 80.9 Å². The van der Waals surface area contributed by atoms with Gasteiger partial charge in [-0.1, -0.05) is 28.4 Å². The third-order valence-corrected chi connectivity index (χ3v) is 8.48. The number of fused-ring (bicyclic) bond motifs is 1. The summed E-state index contributed by atoms with van der Waals surface area (Å²) in [7, 11) is 0. The Morgan fingerprint density at radius 2 is 1.88 bits per heavy atom. The number of benzene rings is 2. The lowest BCUT2D eigenvalue weighted by molar-refractivity contribution is 0.122. The quantitative estimate of drug-likeness (QED) is 0.186. The molecule has 1 unspecified atom stereocenters. The molecule has 0 bridgehead atoms. The number of rotatable bonds is 8. The third-order valence-electron chi connectivity index (χ3n) is 6.99. The zero-order valence-electron chi connectivity index (χ0n) is 23.2. The largest absolute Gasteiger partial charge is 0.378 e. The number of morpholine rings is 1. The van der Waals surface area contributed by atoms with Gasteiger partial charge in [-0.2, -0.15) is 5.26 Å². The van der Waals surface area contributed by atoms with Gasteiger partial charge in [0.1, 0.15) is 23.6 Å². The minimum Gasteiger partial charge on any atom is -0.378 e. The molecule has 14 heteroatoms. The van der Waals surface area contributed by atoms with Crippen LogP contribution in [0.2, 0.25) is 10.0 Å². The molecule has 1 fully saturated rings. The number of nitrogens with zero attached hydrogens (tertiary/aromatic N) is 7. The van der Waals surface area contributed by atoms with Crippen LogP contribution >= 0.6 is 34.5 Å². The van der Waals surface area contributed by atoms with E-state index in [1.807, 2.05) is 31.5 Å². The molecule has 1 aliphatic heterocycles. The molecule has 0 amide bonds. The van der Waals surface area contributed by atoms with Crippen LogP contribution in [0.25, 0.3) is 10.9 Å². The maximum Gasteiger partial charge on any atom is 0.185 e. The first-order valence-electron chi connectivity index (χ1n) is 13.5. The number of hydrogen-bond acceptors (Lipinski definition) is 10. The van der Waals surface area contributed by atoms with E-state index in [2.05, 4.69) is 36.9 Å². The van der Waals surface area contributed by atoms with Crippen LogP contribution in [0.5, 0.6) is 0 Å². The topological polar surface area (TPSA) is 117 Å². The van der Waals surface area contributed by atoms with Crippen molar-refractivity contribution in [3.63, 3.8) is 0 Å². The predicted octanol–water partition coefficient (Wildman–Crippen LogP) is 6.96. The van der Waals surface area contributed by atoms with Crippen molar-refractivity contribution >= 4 is 67.6 Å². The second-order valence-electron chi connectivity index (χ2n) is 10.2. The maximum absolute atomic E-state index is 13.8. The monoisotopic (exact) mass is 637 g/mol. The van der Waals surface area contributed by atoms with Crippen LogP contribution in [0.4, 0.5) is 26.6 Å². The molecule has 220 valence electrons. The molecule has 2 aromatic carbocycles. The Balaban J connectivity index is 1.41. The Kier molecular flexibility index (Phi) is 8.32. The Labute approximate surface area is 261 Å². The smallest absolute Gasteiger partial charge is 0.185 e. The lowest BCUT2D eigenvalue weighted by Crippen LogP contribution is -2.36.